The Hall–Kier alpha value is -4.26. The maximum atomic E-state index is 11.3. The van der Waals surface area contributed by atoms with E-state index in [0.29, 0.717) is 13.2 Å². The van der Waals surface area contributed by atoms with Gasteiger partial charge in [0.05, 0.1) is 45.2 Å². The molecule has 5 aromatic carbocycles. The summed E-state index contributed by atoms with van der Waals surface area (Å²) in [5.41, 5.74) is 4.97. The van der Waals surface area contributed by atoms with Gasteiger partial charge in [-0.15, -0.1) is 0 Å². The summed E-state index contributed by atoms with van der Waals surface area (Å²) >= 11 is 0. The van der Waals surface area contributed by atoms with Gasteiger partial charge in [0.25, 0.3) is 0 Å². The van der Waals surface area contributed by atoms with Gasteiger partial charge in [0, 0.05) is 0 Å². The summed E-state index contributed by atoms with van der Waals surface area (Å²) < 4.78 is 53.2. The molecule has 2 aliphatic rings. The smallest absolute Gasteiger partial charge is 0.187 e. The maximum Gasteiger partial charge on any atom is 0.187 e. The summed E-state index contributed by atoms with van der Waals surface area (Å²) in [4.78, 5) is 0. The minimum absolute atomic E-state index is 0.244. The molecule has 7 rings (SSSR count). The van der Waals surface area contributed by atoms with E-state index in [4.69, 9.17) is 37.9 Å². The largest absolute Gasteiger partial charge is 0.368 e. The van der Waals surface area contributed by atoms with Gasteiger partial charge in [-0.2, -0.15) is 0 Å². The second-order valence-corrected chi connectivity index (χ2v) is 14.3. The van der Waals surface area contributed by atoms with Crippen LogP contribution in [-0.2, 0) is 70.9 Å². The van der Waals surface area contributed by atoms with Crippen LogP contribution < -0.4 is 0 Å². The number of rotatable bonds is 17. The van der Waals surface area contributed by atoms with E-state index in [2.05, 4.69) is 0 Å². The predicted molar refractivity (Wildman–Crippen MR) is 211 cm³/mol. The molecule has 0 amide bonds. The van der Waals surface area contributed by atoms with Crippen LogP contribution in [0, 0.1) is 0 Å². The molecule has 0 saturated carbocycles. The first-order valence-corrected chi connectivity index (χ1v) is 19.4. The molecule has 2 saturated heterocycles. The fourth-order valence-corrected chi connectivity index (χ4v) is 7.21. The molecular formula is C47H52O9. The SMILES string of the molecule is C[C@H]1O[C@@H](O[C@H]2[C@H](OCc3ccccc3)[C@@H](OCc3ccccc3)C(O)O[C@@H]2C)[C@H](OCc2ccccc2)[C@@H](OCc2ccccc2)[C@@H]1OCc1ccccc1. The predicted octanol–water partition coefficient (Wildman–Crippen LogP) is 7.78. The average Bonchev–Trinajstić information content (AvgIpc) is 3.24. The highest BCUT2D eigenvalue weighted by atomic mass is 16.7. The zero-order valence-corrected chi connectivity index (χ0v) is 32.0. The molecule has 0 radical (unpaired) electrons. The van der Waals surface area contributed by atoms with E-state index in [1.165, 1.54) is 0 Å². The van der Waals surface area contributed by atoms with E-state index in [-0.39, 0.29) is 19.8 Å². The van der Waals surface area contributed by atoms with Gasteiger partial charge in [-0.1, -0.05) is 152 Å². The molecule has 1 unspecified atom stereocenters. The molecule has 0 bridgehead atoms. The molecule has 294 valence electrons. The summed E-state index contributed by atoms with van der Waals surface area (Å²) in [5.74, 6) is 0. The second-order valence-electron chi connectivity index (χ2n) is 14.3. The summed E-state index contributed by atoms with van der Waals surface area (Å²) in [6.45, 7) is 5.32. The third-order valence-electron chi connectivity index (χ3n) is 10.2. The molecule has 0 aromatic heterocycles. The monoisotopic (exact) mass is 760 g/mol. The van der Waals surface area contributed by atoms with Crippen molar-refractivity contribution in [1.29, 1.82) is 0 Å². The van der Waals surface area contributed by atoms with Gasteiger partial charge in [-0.3, -0.25) is 0 Å². The maximum absolute atomic E-state index is 11.3. The first-order chi connectivity index (χ1) is 27.5. The average molecular weight is 761 g/mol. The Morgan fingerprint density at radius 3 is 1.07 bits per heavy atom. The van der Waals surface area contributed by atoms with Gasteiger partial charge in [0.1, 0.15) is 36.6 Å². The zero-order chi connectivity index (χ0) is 38.5. The van der Waals surface area contributed by atoms with Crippen LogP contribution in [0.4, 0.5) is 0 Å². The topological polar surface area (TPSA) is 94.1 Å². The molecular weight excluding hydrogens is 709 g/mol. The van der Waals surface area contributed by atoms with Crippen LogP contribution in [0.2, 0.25) is 0 Å². The highest BCUT2D eigenvalue weighted by Gasteiger charge is 2.52. The van der Waals surface area contributed by atoms with E-state index in [1.807, 2.05) is 166 Å². The van der Waals surface area contributed by atoms with E-state index < -0.39 is 61.4 Å². The van der Waals surface area contributed by atoms with Crippen LogP contribution in [0.1, 0.15) is 41.7 Å². The second kappa shape index (κ2) is 20.2. The summed E-state index contributed by atoms with van der Waals surface area (Å²) in [5, 5.41) is 11.3. The van der Waals surface area contributed by atoms with Gasteiger partial charge >= 0.3 is 0 Å². The Labute approximate surface area is 330 Å². The highest BCUT2D eigenvalue weighted by Crippen LogP contribution is 2.35. The Balaban J connectivity index is 1.19. The molecule has 9 heteroatoms. The van der Waals surface area contributed by atoms with Crippen LogP contribution in [0.3, 0.4) is 0 Å². The standard InChI is InChI=1S/C47H52O9/c1-33-40(49-28-35-18-8-3-9-19-35)42(50-29-36-20-10-4-11-21-36)45(53-32-39-26-16-7-17-27-39)47(55-33)56-41-34(2)54-46(48)44(52-31-38-24-14-6-15-25-38)43(41)51-30-37-22-12-5-13-23-37/h3-27,33-34,40-48H,28-32H2,1-2H3/t33-,34-,40-,41-,42+,43+,44-,45-,46?,47+/m1/s1. The fourth-order valence-electron chi connectivity index (χ4n) is 7.21. The van der Waals surface area contributed by atoms with Crippen LogP contribution in [0.25, 0.3) is 0 Å². The summed E-state index contributed by atoms with van der Waals surface area (Å²) in [6.07, 6.45) is -7.47. The Bertz CT molecular complexity index is 1830. The molecule has 0 aliphatic carbocycles. The van der Waals surface area contributed by atoms with Crippen LogP contribution >= 0.6 is 0 Å². The van der Waals surface area contributed by atoms with Gasteiger partial charge < -0.3 is 43.0 Å². The van der Waals surface area contributed by atoms with Crippen LogP contribution in [0.15, 0.2) is 152 Å². The van der Waals surface area contributed by atoms with Gasteiger partial charge in [-0.05, 0) is 41.7 Å². The number of ether oxygens (including phenoxy) is 8. The minimum atomic E-state index is -1.26. The van der Waals surface area contributed by atoms with Crippen molar-refractivity contribution in [1.82, 2.24) is 0 Å². The summed E-state index contributed by atoms with van der Waals surface area (Å²) in [6, 6.07) is 49.8. The highest BCUT2D eigenvalue weighted by molar-refractivity contribution is 5.17. The Kier molecular flexibility index (Phi) is 14.4. The number of hydrogen-bond acceptors (Lipinski definition) is 9. The quantitative estimate of drug-likeness (QED) is 0.102. The fraction of sp³-hybridized carbons (Fsp3) is 0.362. The molecule has 9 nitrogen and oxygen atoms in total. The van der Waals surface area contributed by atoms with Crippen molar-refractivity contribution in [2.45, 2.75) is 108 Å². The lowest BCUT2D eigenvalue weighted by atomic mass is 9.96. The van der Waals surface area contributed by atoms with Gasteiger partial charge in [0.2, 0.25) is 0 Å². The van der Waals surface area contributed by atoms with Crippen LogP contribution in [-0.4, -0.2) is 66.5 Å². The molecule has 2 aliphatic heterocycles. The lowest BCUT2D eigenvalue weighted by Gasteiger charge is -2.49. The van der Waals surface area contributed by atoms with Gasteiger partial charge in [-0.25, -0.2) is 0 Å². The van der Waals surface area contributed by atoms with Crippen molar-refractivity contribution in [3.8, 4) is 0 Å². The zero-order valence-electron chi connectivity index (χ0n) is 32.0. The summed E-state index contributed by atoms with van der Waals surface area (Å²) in [7, 11) is 0. The van der Waals surface area contributed by atoms with Crippen molar-refractivity contribution >= 4 is 0 Å². The molecule has 2 heterocycles. The number of benzene rings is 5. The van der Waals surface area contributed by atoms with Crippen molar-refractivity contribution < 1.29 is 43.0 Å². The number of aliphatic hydroxyl groups is 1. The molecule has 56 heavy (non-hydrogen) atoms. The van der Waals surface area contributed by atoms with Gasteiger partial charge in [0.15, 0.2) is 12.6 Å². The number of hydrogen-bond donors (Lipinski definition) is 1. The van der Waals surface area contributed by atoms with Crippen molar-refractivity contribution in [3.05, 3.63) is 179 Å². The van der Waals surface area contributed by atoms with Crippen molar-refractivity contribution in [2.24, 2.45) is 0 Å². The van der Waals surface area contributed by atoms with Crippen LogP contribution in [0.5, 0.6) is 0 Å². The van der Waals surface area contributed by atoms with E-state index in [1.54, 1.807) is 0 Å². The molecule has 5 aromatic rings. The molecule has 0 spiro atoms. The third-order valence-corrected chi connectivity index (χ3v) is 10.2. The Morgan fingerprint density at radius 2 is 0.679 bits per heavy atom. The van der Waals surface area contributed by atoms with E-state index in [0.717, 1.165) is 27.8 Å². The lowest BCUT2D eigenvalue weighted by Crippen LogP contribution is -2.64. The molecule has 2 fully saturated rings. The number of aliphatic hydroxyl groups excluding tert-OH is 1. The van der Waals surface area contributed by atoms with E-state index >= 15 is 0 Å². The Morgan fingerprint density at radius 1 is 0.375 bits per heavy atom. The normalized spacial score (nSPS) is 27.8. The first-order valence-electron chi connectivity index (χ1n) is 19.4. The van der Waals surface area contributed by atoms with Crippen molar-refractivity contribution in [3.63, 3.8) is 0 Å². The van der Waals surface area contributed by atoms with Crippen molar-refractivity contribution in [2.75, 3.05) is 0 Å². The molecule has 1 N–H and O–H groups in total. The van der Waals surface area contributed by atoms with E-state index in [9.17, 15) is 5.11 Å². The lowest BCUT2D eigenvalue weighted by molar-refractivity contribution is -0.366. The minimum Gasteiger partial charge on any atom is -0.368 e. The first kappa shape index (κ1) is 40.0. The third kappa shape index (κ3) is 10.8. The molecule has 10 atom stereocenters.